The standard InChI is InChI=1S/C20H26N4O5S2/c1-24(2)19-7-4-14(13-21-19)22-20(25)16(8-11-30-3)23-31(26,27)15-5-6-17-18(12-15)29-10-9-28-17/h4-7,12-13,16,23H,8-11H2,1-3H3,(H,22,25)/t16-/m0/s1. The molecule has 0 saturated heterocycles. The first-order chi connectivity index (χ1) is 14.8. The molecule has 0 spiro atoms. The number of sulfonamides is 1. The summed E-state index contributed by atoms with van der Waals surface area (Å²) in [4.78, 5) is 19.0. The topological polar surface area (TPSA) is 110 Å². The Hall–Kier alpha value is -2.50. The lowest BCUT2D eigenvalue weighted by atomic mass is 10.2. The maximum absolute atomic E-state index is 13.0. The average Bonchev–Trinajstić information content (AvgIpc) is 2.76. The fourth-order valence-corrected chi connectivity index (χ4v) is 4.60. The molecule has 1 aliphatic rings. The molecule has 1 aliphatic heterocycles. The van der Waals surface area contributed by atoms with Gasteiger partial charge < -0.3 is 19.7 Å². The van der Waals surface area contributed by atoms with E-state index in [1.807, 2.05) is 25.3 Å². The van der Waals surface area contributed by atoms with Crippen molar-refractivity contribution in [2.45, 2.75) is 17.4 Å². The number of anilines is 2. The number of amides is 1. The van der Waals surface area contributed by atoms with Crippen LogP contribution in [0, 0.1) is 0 Å². The van der Waals surface area contributed by atoms with Crippen LogP contribution in [0.5, 0.6) is 11.5 Å². The maximum atomic E-state index is 13.0. The highest BCUT2D eigenvalue weighted by Gasteiger charge is 2.27. The minimum absolute atomic E-state index is 0.00991. The Bertz CT molecular complexity index is 1010. The molecule has 1 amide bonds. The van der Waals surface area contributed by atoms with Crippen molar-refractivity contribution < 1.29 is 22.7 Å². The van der Waals surface area contributed by atoms with Gasteiger partial charge in [-0.1, -0.05) is 0 Å². The van der Waals surface area contributed by atoms with Gasteiger partial charge in [-0.25, -0.2) is 13.4 Å². The number of ether oxygens (including phenoxy) is 2. The normalized spacial score (nSPS) is 14.0. The Morgan fingerprint density at radius 3 is 2.58 bits per heavy atom. The minimum Gasteiger partial charge on any atom is -0.486 e. The molecule has 0 fully saturated rings. The minimum atomic E-state index is -3.96. The summed E-state index contributed by atoms with van der Waals surface area (Å²) in [7, 11) is -0.223. The van der Waals surface area contributed by atoms with E-state index < -0.39 is 22.0 Å². The smallest absolute Gasteiger partial charge is 0.242 e. The number of rotatable bonds is 9. The Kier molecular flexibility index (Phi) is 7.63. The second-order valence-corrected chi connectivity index (χ2v) is 9.75. The van der Waals surface area contributed by atoms with Gasteiger partial charge in [-0.2, -0.15) is 16.5 Å². The lowest BCUT2D eigenvalue weighted by Crippen LogP contribution is -2.44. The molecule has 0 unspecified atom stereocenters. The second kappa shape index (κ2) is 10.2. The molecule has 0 saturated carbocycles. The van der Waals surface area contributed by atoms with Gasteiger partial charge in [-0.15, -0.1) is 0 Å². The van der Waals surface area contributed by atoms with Crippen molar-refractivity contribution in [2.75, 3.05) is 49.5 Å². The molecule has 31 heavy (non-hydrogen) atoms. The van der Waals surface area contributed by atoms with E-state index >= 15 is 0 Å². The van der Waals surface area contributed by atoms with E-state index in [1.165, 1.54) is 30.1 Å². The van der Waals surface area contributed by atoms with E-state index in [1.54, 1.807) is 18.2 Å². The van der Waals surface area contributed by atoms with Gasteiger partial charge in [0.25, 0.3) is 0 Å². The van der Waals surface area contributed by atoms with Gasteiger partial charge in [0, 0.05) is 20.2 Å². The third-order valence-electron chi connectivity index (χ3n) is 4.52. The third kappa shape index (κ3) is 6.02. The molecule has 2 heterocycles. The highest BCUT2D eigenvalue weighted by Crippen LogP contribution is 2.32. The summed E-state index contributed by atoms with van der Waals surface area (Å²) in [6.07, 6.45) is 3.77. The van der Waals surface area contributed by atoms with Crippen molar-refractivity contribution in [2.24, 2.45) is 0 Å². The second-order valence-electron chi connectivity index (χ2n) is 7.05. The van der Waals surface area contributed by atoms with Crippen molar-refractivity contribution in [1.82, 2.24) is 9.71 Å². The van der Waals surface area contributed by atoms with Crippen molar-refractivity contribution in [1.29, 1.82) is 0 Å². The lowest BCUT2D eigenvalue weighted by Gasteiger charge is -2.21. The Morgan fingerprint density at radius 2 is 1.94 bits per heavy atom. The predicted octanol–water partition coefficient (Wildman–Crippen LogP) is 1.96. The van der Waals surface area contributed by atoms with Crippen LogP contribution in [0.3, 0.4) is 0 Å². The van der Waals surface area contributed by atoms with Gasteiger partial charge in [0.15, 0.2) is 11.5 Å². The third-order valence-corrected chi connectivity index (χ3v) is 6.64. The Balaban J connectivity index is 1.75. The molecule has 1 aromatic carbocycles. The van der Waals surface area contributed by atoms with E-state index in [0.717, 1.165) is 5.82 Å². The zero-order chi connectivity index (χ0) is 22.4. The van der Waals surface area contributed by atoms with Gasteiger partial charge in [-0.05, 0) is 42.7 Å². The molecule has 9 nitrogen and oxygen atoms in total. The lowest BCUT2D eigenvalue weighted by molar-refractivity contribution is -0.117. The van der Waals surface area contributed by atoms with Crippen LogP contribution in [0.2, 0.25) is 0 Å². The summed E-state index contributed by atoms with van der Waals surface area (Å²) in [6.45, 7) is 0.766. The van der Waals surface area contributed by atoms with Crippen molar-refractivity contribution in [3.8, 4) is 11.5 Å². The van der Waals surface area contributed by atoms with Crippen molar-refractivity contribution in [3.05, 3.63) is 36.5 Å². The molecule has 2 aromatic rings. The highest BCUT2D eigenvalue weighted by atomic mass is 32.2. The molecular formula is C20H26N4O5S2. The summed E-state index contributed by atoms with van der Waals surface area (Å²) in [5.74, 6) is 1.77. The van der Waals surface area contributed by atoms with E-state index in [4.69, 9.17) is 9.47 Å². The highest BCUT2D eigenvalue weighted by molar-refractivity contribution is 7.98. The Labute approximate surface area is 186 Å². The number of carbonyl (C=O) groups is 1. The monoisotopic (exact) mass is 466 g/mol. The number of hydrogen-bond donors (Lipinski definition) is 2. The quantitative estimate of drug-likeness (QED) is 0.577. The van der Waals surface area contributed by atoms with Gasteiger partial charge in [-0.3, -0.25) is 4.79 Å². The summed E-state index contributed by atoms with van der Waals surface area (Å²) >= 11 is 1.53. The van der Waals surface area contributed by atoms with Gasteiger partial charge in [0.2, 0.25) is 15.9 Å². The number of thioether (sulfide) groups is 1. The number of carbonyl (C=O) groups excluding carboxylic acids is 1. The summed E-state index contributed by atoms with van der Waals surface area (Å²) in [6, 6.07) is 6.94. The van der Waals surface area contributed by atoms with Crippen LogP contribution in [0.1, 0.15) is 6.42 Å². The average molecular weight is 467 g/mol. The molecule has 1 atom stereocenters. The number of fused-ring (bicyclic) bond motifs is 1. The first kappa shape index (κ1) is 23.2. The van der Waals surface area contributed by atoms with Crippen LogP contribution in [-0.4, -0.2) is 64.7 Å². The zero-order valence-corrected chi connectivity index (χ0v) is 19.3. The van der Waals surface area contributed by atoms with Crippen LogP contribution < -0.4 is 24.4 Å². The van der Waals surface area contributed by atoms with E-state index in [0.29, 0.717) is 42.6 Å². The van der Waals surface area contributed by atoms with Crippen LogP contribution in [-0.2, 0) is 14.8 Å². The molecule has 11 heteroatoms. The largest absolute Gasteiger partial charge is 0.486 e. The van der Waals surface area contributed by atoms with Crippen LogP contribution >= 0.6 is 11.8 Å². The molecule has 0 bridgehead atoms. The maximum Gasteiger partial charge on any atom is 0.242 e. The van der Waals surface area contributed by atoms with E-state index in [2.05, 4.69) is 15.0 Å². The fourth-order valence-electron chi connectivity index (χ4n) is 2.88. The van der Waals surface area contributed by atoms with Crippen LogP contribution in [0.25, 0.3) is 0 Å². The van der Waals surface area contributed by atoms with Crippen molar-refractivity contribution >= 4 is 39.2 Å². The number of nitrogens with zero attached hydrogens (tertiary/aromatic N) is 2. The molecular weight excluding hydrogens is 440 g/mol. The SMILES string of the molecule is CSCC[C@H](NS(=O)(=O)c1ccc2c(c1)OCCO2)C(=O)Nc1ccc(N(C)C)nc1. The molecule has 0 radical (unpaired) electrons. The van der Waals surface area contributed by atoms with E-state index in [9.17, 15) is 13.2 Å². The molecule has 168 valence electrons. The first-order valence-electron chi connectivity index (χ1n) is 9.65. The van der Waals surface area contributed by atoms with Gasteiger partial charge in [0.1, 0.15) is 25.1 Å². The van der Waals surface area contributed by atoms with Crippen molar-refractivity contribution in [3.63, 3.8) is 0 Å². The number of benzene rings is 1. The van der Waals surface area contributed by atoms with E-state index in [-0.39, 0.29) is 4.90 Å². The zero-order valence-electron chi connectivity index (χ0n) is 17.6. The molecule has 3 rings (SSSR count). The predicted molar refractivity (Wildman–Crippen MR) is 122 cm³/mol. The Morgan fingerprint density at radius 1 is 1.19 bits per heavy atom. The van der Waals surface area contributed by atoms with Crippen LogP contribution in [0.4, 0.5) is 11.5 Å². The number of hydrogen-bond acceptors (Lipinski definition) is 8. The summed E-state index contributed by atoms with van der Waals surface area (Å²) < 4.78 is 39.3. The molecule has 2 N–H and O–H groups in total. The summed E-state index contributed by atoms with van der Waals surface area (Å²) in [5, 5.41) is 2.74. The number of pyridine rings is 1. The molecule has 0 aliphatic carbocycles. The number of aromatic nitrogens is 1. The van der Waals surface area contributed by atoms with Gasteiger partial charge >= 0.3 is 0 Å². The fraction of sp³-hybridized carbons (Fsp3) is 0.400. The molecule has 1 aromatic heterocycles. The summed E-state index contributed by atoms with van der Waals surface area (Å²) in [5.41, 5.74) is 0.489. The van der Waals surface area contributed by atoms with Crippen LogP contribution in [0.15, 0.2) is 41.4 Å². The first-order valence-corrected chi connectivity index (χ1v) is 12.5. The van der Waals surface area contributed by atoms with Gasteiger partial charge in [0.05, 0.1) is 16.8 Å². The number of nitrogens with one attached hydrogen (secondary N) is 2.